The zero-order valence-corrected chi connectivity index (χ0v) is 15.7. The third-order valence-electron chi connectivity index (χ3n) is 4.66. The van der Waals surface area contributed by atoms with E-state index in [0.29, 0.717) is 6.54 Å². The van der Waals surface area contributed by atoms with Crippen LogP contribution in [0, 0.1) is 0 Å². The molecule has 1 saturated heterocycles. The number of nitrogens with one attached hydrogen (secondary N) is 2. The SMILES string of the molecule is COC1(CCCNC(=O)CNC(C)=O)CCCC[Si]1(OC)OC. The summed E-state index contributed by atoms with van der Waals surface area (Å²) in [6.07, 6.45) is 4.70. The zero-order valence-electron chi connectivity index (χ0n) is 14.7. The Balaban J connectivity index is 2.51. The molecule has 1 aliphatic heterocycles. The van der Waals surface area contributed by atoms with Gasteiger partial charge in [-0.05, 0) is 25.3 Å². The van der Waals surface area contributed by atoms with E-state index in [4.69, 9.17) is 13.6 Å². The molecule has 134 valence electrons. The van der Waals surface area contributed by atoms with Crippen molar-refractivity contribution in [3.63, 3.8) is 0 Å². The van der Waals surface area contributed by atoms with Crippen molar-refractivity contribution in [2.75, 3.05) is 34.4 Å². The molecule has 0 aliphatic carbocycles. The lowest BCUT2D eigenvalue weighted by Gasteiger charge is -2.48. The van der Waals surface area contributed by atoms with Gasteiger partial charge in [-0.1, -0.05) is 12.8 Å². The summed E-state index contributed by atoms with van der Waals surface area (Å²) in [5.41, 5.74) is 0. The maximum atomic E-state index is 11.6. The summed E-state index contributed by atoms with van der Waals surface area (Å²) < 4.78 is 17.6. The lowest BCUT2D eigenvalue weighted by molar-refractivity contribution is -0.125. The molecule has 0 saturated carbocycles. The van der Waals surface area contributed by atoms with Crippen molar-refractivity contribution in [2.24, 2.45) is 0 Å². The van der Waals surface area contributed by atoms with Crippen molar-refractivity contribution < 1.29 is 23.2 Å². The minimum atomic E-state index is -2.41. The van der Waals surface area contributed by atoms with Gasteiger partial charge in [0.15, 0.2) is 0 Å². The van der Waals surface area contributed by atoms with Crippen LogP contribution >= 0.6 is 0 Å². The summed E-state index contributed by atoms with van der Waals surface area (Å²) in [6.45, 7) is 1.94. The first-order valence-electron chi connectivity index (χ1n) is 8.12. The third kappa shape index (κ3) is 5.00. The molecular formula is C15H30N2O5Si. The van der Waals surface area contributed by atoms with Crippen LogP contribution in [0.5, 0.6) is 0 Å². The molecule has 2 amide bonds. The molecule has 0 aromatic heterocycles. The first kappa shape index (κ1) is 20.1. The Labute approximate surface area is 139 Å². The summed E-state index contributed by atoms with van der Waals surface area (Å²) >= 11 is 0. The van der Waals surface area contributed by atoms with Gasteiger partial charge in [0, 0.05) is 34.8 Å². The van der Waals surface area contributed by atoms with Crippen LogP contribution in [-0.2, 0) is 23.2 Å². The van der Waals surface area contributed by atoms with E-state index in [-0.39, 0.29) is 23.6 Å². The number of carbonyl (C=O) groups excluding carboxylic acids is 2. The van der Waals surface area contributed by atoms with Crippen LogP contribution in [0.1, 0.15) is 39.0 Å². The second-order valence-corrected chi connectivity index (χ2v) is 9.66. The molecule has 1 heterocycles. The Bertz CT molecular complexity index is 403. The zero-order chi connectivity index (χ0) is 17.3. The van der Waals surface area contributed by atoms with Crippen LogP contribution in [0.15, 0.2) is 0 Å². The Kier molecular flexibility index (Phi) is 8.17. The van der Waals surface area contributed by atoms with Crippen molar-refractivity contribution >= 4 is 20.4 Å². The van der Waals surface area contributed by atoms with Gasteiger partial charge in [0.1, 0.15) is 5.22 Å². The Morgan fingerprint density at radius 1 is 1.13 bits per heavy atom. The van der Waals surface area contributed by atoms with Crippen LogP contribution in [-0.4, -0.2) is 60.0 Å². The van der Waals surface area contributed by atoms with Crippen LogP contribution in [0.3, 0.4) is 0 Å². The van der Waals surface area contributed by atoms with E-state index in [1.165, 1.54) is 6.92 Å². The Hall–Kier alpha value is -0.963. The number of ether oxygens (including phenoxy) is 1. The van der Waals surface area contributed by atoms with E-state index in [2.05, 4.69) is 10.6 Å². The fourth-order valence-corrected chi connectivity index (χ4v) is 7.31. The highest BCUT2D eigenvalue weighted by atomic mass is 28.4. The minimum absolute atomic E-state index is 0.0135. The second-order valence-electron chi connectivity index (χ2n) is 5.93. The molecule has 1 aliphatic rings. The van der Waals surface area contributed by atoms with Crippen molar-refractivity contribution in [1.82, 2.24) is 10.6 Å². The molecule has 8 heteroatoms. The van der Waals surface area contributed by atoms with Gasteiger partial charge in [-0.3, -0.25) is 9.59 Å². The molecule has 0 aromatic carbocycles. The van der Waals surface area contributed by atoms with Crippen molar-refractivity contribution in [2.45, 2.75) is 50.3 Å². The first-order chi connectivity index (χ1) is 10.9. The fourth-order valence-electron chi connectivity index (χ4n) is 3.39. The summed E-state index contributed by atoms with van der Waals surface area (Å²) in [5.74, 6) is -0.394. The molecule has 1 atom stereocenters. The summed E-state index contributed by atoms with van der Waals surface area (Å²) in [4.78, 5) is 22.4. The molecule has 0 bridgehead atoms. The first-order valence-corrected chi connectivity index (χ1v) is 10.1. The standard InChI is InChI=1S/C15H30N2O5Si/c1-13(18)17-12-14(19)16-10-7-9-15(20-2)8-5-6-11-23(15,21-3)22-4/h5-12H2,1-4H3,(H,16,19)(H,17,18). The van der Waals surface area contributed by atoms with E-state index >= 15 is 0 Å². The largest absolute Gasteiger partial charge is 0.396 e. The third-order valence-corrected chi connectivity index (χ3v) is 9.08. The predicted octanol–water partition coefficient (Wildman–Crippen LogP) is 0.862. The van der Waals surface area contributed by atoms with Gasteiger partial charge in [0.2, 0.25) is 11.8 Å². The normalized spacial score (nSPS) is 23.3. The summed E-state index contributed by atoms with van der Waals surface area (Å²) in [5, 5.41) is 4.92. The van der Waals surface area contributed by atoms with Crippen LogP contribution in [0.25, 0.3) is 0 Å². The predicted molar refractivity (Wildman–Crippen MR) is 89.1 cm³/mol. The van der Waals surface area contributed by atoms with Crippen LogP contribution < -0.4 is 10.6 Å². The van der Waals surface area contributed by atoms with E-state index in [0.717, 1.165) is 38.1 Å². The molecule has 1 rings (SSSR count). The highest BCUT2D eigenvalue weighted by Gasteiger charge is 2.58. The number of methoxy groups -OCH3 is 1. The quantitative estimate of drug-likeness (QED) is 0.478. The molecule has 2 N–H and O–H groups in total. The topological polar surface area (TPSA) is 85.9 Å². The van der Waals surface area contributed by atoms with Crippen molar-refractivity contribution in [3.05, 3.63) is 0 Å². The van der Waals surface area contributed by atoms with Gasteiger partial charge in [-0.15, -0.1) is 0 Å². The number of rotatable bonds is 9. The van der Waals surface area contributed by atoms with E-state index in [1.54, 1.807) is 21.3 Å². The molecule has 23 heavy (non-hydrogen) atoms. The van der Waals surface area contributed by atoms with E-state index < -0.39 is 8.56 Å². The molecule has 1 fully saturated rings. The molecular weight excluding hydrogens is 316 g/mol. The highest BCUT2D eigenvalue weighted by Crippen LogP contribution is 2.42. The smallest absolute Gasteiger partial charge is 0.370 e. The Morgan fingerprint density at radius 2 is 1.83 bits per heavy atom. The molecule has 0 spiro atoms. The minimum Gasteiger partial charge on any atom is -0.396 e. The molecule has 1 unspecified atom stereocenters. The monoisotopic (exact) mass is 346 g/mol. The van der Waals surface area contributed by atoms with E-state index in [1.807, 2.05) is 0 Å². The maximum Gasteiger partial charge on any atom is 0.370 e. The van der Waals surface area contributed by atoms with Crippen molar-refractivity contribution in [1.29, 1.82) is 0 Å². The highest BCUT2D eigenvalue weighted by molar-refractivity contribution is 6.70. The van der Waals surface area contributed by atoms with Crippen LogP contribution in [0.2, 0.25) is 6.04 Å². The lowest BCUT2D eigenvalue weighted by Crippen LogP contribution is -2.64. The lowest BCUT2D eigenvalue weighted by atomic mass is 10.1. The fraction of sp³-hybridized carbons (Fsp3) is 0.867. The van der Waals surface area contributed by atoms with Gasteiger partial charge in [0.25, 0.3) is 0 Å². The number of carbonyl (C=O) groups is 2. The molecule has 0 radical (unpaired) electrons. The second kappa shape index (κ2) is 9.36. The van der Waals surface area contributed by atoms with Crippen LogP contribution in [0.4, 0.5) is 0 Å². The Morgan fingerprint density at radius 3 is 2.39 bits per heavy atom. The number of hydrogen-bond acceptors (Lipinski definition) is 5. The number of amides is 2. The van der Waals surface area contributed by atoms with E-state index in [9.17, 15) is 9.59 Å². The maximum absolute atomic E-state index is 11.6. The van der Waals surface area contributed by atoms with Gasteiger partial charge in [0.05, 0.1) is 6.54 Å². The van der Waals surface area contributed by atoms with Gasteiger partial charge in [-0.25, -0.2) is 0 Å². The van der Waals surface area contributed by atoms with Crippen molar-refractivity contribution in [3.8, 4) is 0 Å². The van der Waals surface area contributed by atoms with Gasteiger partial charge < -0.3 is 24.2 Å². The average molecular weight is 347 g/mol. The average Bonchev–Trinajstić information content (AvgIpc) is 2.57. The molecule has 7 nitrogen and oxygen atoms in total. The summed E-state index contributed by atoms with van der Waals surface area (Å²) in [7, 11) is 2.74. The van der Waals surface area contributed by atoms with Gasteiger partial charge in [-0.2, -0.15) is 0 Å². The van der Waals surface area contributed by atoms with Gasteiger partial charge >= 0.3 is 8.56 Å². The number of hydrogen-bond donors (Lipinski definition) is 2. The molecule has 0 aromatic rings. The summed E-state index contributed by atoms with van der Waals surface area (Å²) in [6, 6.07) is 0.933.